The summed E-state index contributed by atoms with van der Waals surface area (Å²) in [5.74, 6) is -1.20. The van der Waals surface area contributed by atoms with Gasteiger partial charge in [-0.15, -0.1) is 0 Å². The third-order valence-electron chi connectivity index (χ3n) is 17.5. The number of esters is 1. The second-order valence-corrected chi connectivity index (χ2v) is 26.0. The molecule has 526 valence electrons. The van der Waals surface area contributed by atoms with Crippen LogP contribution in [-0.4, -0.2) is 99.6 Å². The molecule has 0 spiro atoms. The van der Waals surface area contributed by atoms with E-state index in [9.17, 15) is 35.1 Å². The second kappa shape index (κ2) is 66.6. The predicted molar refractivity (Wildman–Crippen MR) is 384 cm³/mol. The summed E-state index contributed by atoms with van der Waals surface area (Å²) in [5.41, 5.74) is 0. The highest BCUT2D eigenvalue weighted by Gasteiger charge is 2.47. The molecule has 0 bridgehead atoms. The molecule has 1 aliphatic rings. The molecule has 0 aliphatic carbocycles. The van der Waals surface area contributed by atoms with Crippen molar-refractivity contribution in [1.82, 2.24) is 5.32 Å². The number of aliphatic hydroxyl groups excluding tert-OH is 5. The van der Waals surface area contributed by atoms with E-state index in [0.717, 1.165) is 96.3 Å². The number of rotatable bonds is 65. The Morgan fingerprint density at radius 2 is 0.758 bits per heavy atom. The summed E-state index contributed by atoms with van der Waals surface area (Å²) < 4.78 is 17.7. The Kier molecular flexibility index (Phi) is 62.6. The van der Waals surface area contributed by atoms with Gasteiger partial charge >= 0.3 is 5.97 Å². The van der Waals surface area contributed by atoms with Gasteiger partial charge in [0.15, 0.2) is 12.4 Å². The highest BCUT2D eigenvalue weighted by Crippen LogP contribution is 2.26. The highest BCUT2D eigenvalue weighted by atomic mass is 16.7. The van der Waals surface area contributed by atoms with Gasteiger partial charge in [0.2, 0.25) is 5.91 Å². The molecule has 0 saturated carbocycles. The topological polar surface area (TPSA) is 175 Å². The Hall–Kier alpha value is -3.42. The number of hydrogen-bond donors (Lipinski definition) is 6. The third kappa shape index (κ3) is 53.5. The number of amides is 1. The third-order valence-corrected chi connectivity index (χ3v) is 17.5. The molecule has 8 atom stereocenters. The zero-order valence-corrected chi connectivity index (χ0v) is 58.7. The lowest BCUT2D eigenvalue weighted by molar-refractivity contribution is -0.305. The number of aliphatic hydroxyl groups is 5. The largest absolute Gasteiger partial charge is 0.454 e. The molecular formula is C80H141NO10. The van der Waals surface area contributed by atoms with E-state index in [1.165, 1.54) is 193 Å². The Morgan fingerprint density at radius 3 is 1.15 bits per heavy atom. The van der Waals surface area contributed by atoms with Gasteiger partial charge in [-0.25, -0.2) is 0 Å². The molecule has 1 fully saturated rings. The lowest BCUT2D eigenvalue weighted by atomic mass is 9.99. The fraction of sp³-hybridized carbons (Fsp3) is 0.775. The quantitative estimate of drug-likeness (QED) is 0.0195. The van der Waals surface area contributed by atoms with E-state index < -0.39 is 67.4 Å². The summed E-state index contributed by atoms with van der Waals surface area (Å²) in [7, 11) is 0. The second-order valence-electron chi connectivity index (χ2n) is 26.0. The van der Waals surface area contributed by atoms with Crippen LogP contribution in [0.2, 0.25) is 0 Å². The molecule has 0 aromatic carbocycles. The molecule has 0 radical (unpaired) electrons. The number of unbranched alkanes of at least 4 members (excludes halogenated alkanes) is 37. The fourth-order valence-electron chi connectivity index (χ4n) is 11.5. The van der Waals surface area contributed by atoms with Crippen LogP contribution in [0.4, 0.5) is 0 Å². The molecule has 1 aliphatic heterocycles. The molecule has 11 heteroatoms. The van der Waals surface area contributed by atoms with E-state index in [0.29, 0.717) is 12.8 Å². The molecular weight excluding hydrogens is 1130 g/mol. The Labute approximate surface area is 558 Å². The molecule has 0 aromatic heterocycles. The van der Waals surface area contributed by atoms with E-state index in [4.69, 9.17) is 14.2 Å². The first-order valence-corrected chi connectivity index (χ1v) is 38.0. The van der Waals surface area contributed by atoms with Gasteiger partial charge in [-0.2, -0.15) is 0 Å². The molecule has 6 N–H and O–H groups in total. The van der Waals surface area contributed by atoms with Gasteiger partial charge in [0, 0.05) is 6.42 Å². The van der Waals surface area contributed by atoms with Gasteiger partial charge in [0.25, 0.3) is 0 Å². The minimum Gasteiger partial charge on any atom is -0.454 e. The molecule has 0 aromatic rings. The summed E-state index contributed by atoms with van der Waals surface area (Å²) in [6.45, 7) is 5.77. The average molecular weight is 1280 g/mol. The molecule has 1 saturated heterocycles. The number of nitrogens with one attached hydrogen (secondary N) is 1. The maximum absolute atomic E-state index is 13.5. The standard InChI is InChI=1S/C80H141NO10/c1-4-7-10-13-16-19-22-25-27-29-31-33-35-37-39-41-43-45-47-50-53-56-59-62-65-68-75(85)91-78-77(87)76(86)74(69-82)90-80(78)89-70-71(72(83)66-63-60-57-54-51-48-24-21-18-15-12-9-6-3)81-79(88)73(84)67-64-61-58-55-52-49-46-44-42-40-38-36-34-32-30-28-26-23-20-17-14-11-8-5-2/h16-17,19-20,25-28,31-34,38,40,63,66,71-74,76-78,80,82-84,86-87H,4-15,18,21-24,29-30,35-37,39,41-62,64-65,67-70H2,1-3H3,(H,81,88)/b19-16-,20-17-,27-25-,28-26-,33-31-,34-32-,40-38-,66-63+. The SMILES string of the molecule is CCCCC/C=C\C/C=C\C/C=C\C/C=C\CCCCCCCCCCC(O)C(=O)NC(COC1OC(CO)C(O)C(O)C1OC(=O)CCCCCCCCCCCCCC/C=C\C/C=C\C/C=C\CCCCC)C(O)/C=C/CCCCCCCCCCCCC. The monoisotopic (exact) mass is 1280 g/mol. The van der Waals surface area contributed by atoms with Gasteiger partial charge in [-0.3, -0.25) is 9.59 Å². The first-order chi connectivity index (χ1) is 44.7. The number of ether oxygens (including phenoxy) is 3. The normalized spacial score (nSPS) is 18.5. The minimum atomic E-state index is -1.62. The van der Waals surface area contributed by atoms with Crippen molar-refractivity contribution < 1.29 is 49.3 Å². The van der Waals surface area contributed by atoms with Crippen molar-refractivity contribution in [3.8, 4) is 0 Å². The van der Waals surface area contributed by atoms with E-state index in [2.05, 4.69) is 111 Å². The van der Waals surface area contributed by atoms with Gasteiger partial charge in [-0.1, -0.05) is 317 Å². The maximum atomic E-state index is 13.5. The fourth-order valence-corrected chi connectivity index (χ4v) is 11.5. The van der Waals surface area contributed by atoms with Crippen LogP contribution in [0.1, 0.15) is 335 Å². The first-order valence-electron chi connectivity index (χ1n) is 38.0. The van der Waals surface area contributed by atoms with Gasteiger partial charge < -0.3 is 45.1 Å². The molecule has 1 amide bonds. The average Bonchev–Trinajstić information content (AvgIpc) is 1.00. The molecule has 91 heavy (non-hydrogen) atoms. The van der Waals surface area contributed by atoms with Crippen molar-refractivity contribution in [3.05, 3.63) is 97.2 Å². The minimum absolute atomic E-state index is 0.118. The summed E-state index contributed by atoms with van der Waals surface area (Å²) in [6.07, 6.45) is 80.1. The highest BCUT2D eigenvalue weighted by molar-refractivity contribution is 5.80. The van der Waals surface area contributed by atoms with Crippen LogP contribution in [0, 0.1) is 0 Å². The van der Waals surface area contributed by atoms with Crippen molar-refractivity contribution >= 4 is 11.9 Å². The zero-order chi connectivity index (χ0) is 66.0. The lowest BCUT2D eigenvalue weighted by Gasteiger charge is -2.41. The van der Waals surface area contributed by atoms with Crippen molar-refractivity contribution in [2.45, 2.75) is 384 Å². The number of carbonyl (C=O) groups excluding carboxylic acids is 2. The zero-order valence-electron chi connectivity index (χ0n) is 58.7. The predicted octanol–water partition coefficient (Wildman–Crippen LogP) is 20.2. The van der Waals surface area contributed by atoms with Crippen molar-refractivity contribution in [2.75, 3.05) is 13.2 Å². The maximum Gasteiger partial charge on any atom is 0.306 e. The van der Waals surface area contributed by atoms with Crippen LogP contribution in [-0.2, 0) is 23.8 Å². The summed E-state index contributed by atoms with van der Waals surface area (Å²) >= 11 is 0. The number of hydrogen-bond acceptors (Lipinski definition) is 10. The van der Waals surface area contributed by atoms with Crippen LogP contribution >= 0.6 is 0 Å². The Balaban J connectivity index is 2.56. The van der Waals surface area contributed by atoms with Crippen LogP contribution < -0.4 is 5.32 Å². The van der Waals surface area contributed by atoms with Gasteiger partial charge in [-0.05, 0) is 109 Å². The Bertz CT molecular complexity index is 1860. The van der Waals surface area contributed by atoms with E-state index in [1.54, 1.807) is 6.08 Å². The lowest BCUT2D eigenvalue weighted by Crippen LogP contribution is -2.61. The van der Waals surface area contributed by atoms with E-state index in [1.807, 2.05) is 6.08 Å². The summed E-state index contributed by atoms with van der Waals surface area (Å²) in [5, 5.41) is 57.4. The smallest absolute Gasteiger partial charge is 0.306 e. The number of allylic oxidation sites excluding steroid dienone is 15. The van der Waals surface area contributed by atoms with Crippen molar-refractivity contribution in [1.29, 1.82) is 0 Å². The molecule has 8 unspecified atom stereocenters. The summed E-state index contributed by atoms with van der Waals surface area (Å²) in [6, 6.07) is -1.03. The van der Waals surface area contributed by atoms with Crippen LogP contribution in [0.15, 0.2) is 97.2 Å². The Morgan fingerprint density at radius 1 is 0.429 bits per heavy atom. The van der Waals surface area contributed by atoms with Crippen LogP contribution in [0.5, 0.6) is 0 Å². The van der Waals surface area contributed by atoms with Gasteiger partial charge in [0.1, 0.15) is 24.4 Å². The first kappa shape index (κ1) is 85.6. The van der Waals surface area contributed by atoms with E-state index >= 15 is 0 Å². The van der Waals surface area contributed by atoms with Crippen molar-refractivity contribution in [2.24, 2.45) is 0 Å². The molecule has 1 heterocycles. The van der Waals surface area contributed by atoms with Gasteiger partial charge in [0.05, 0.1) is 25.4 Å². The van der Waals surface area contributed by atoms with Crippen LogP contribution in [0.3, 0.4) is 0 Å². The number of carbonyl (C=O) groups is 2. The van der Waals surface area contributed by atoms with Crippen LogP contribution in [0.25, 0.3) is 0 Å². The van der Waals surface area contributed by atoms with E-state index in [-0.39, 0.29) is 19.4 Å². The van der Waals surface area contributed by atoms with Crippen molar-refractivity contribution in [3.63, 3.8) is 0 Å². The summed E-state index contributed by atoms with van der Waals surface area (Å²) in [4.78, 5) is 26.8. The molecule has 11 nitrogen and oxygen atoms in total. The molecule has 1 rings (SSSR count).